The summed E-state index contributed by atoms with van der Waals surface area (Å²) in [6.07, 6.45) is 5.37. The first kappa shape index (κ1) is 30.6. The second-order valence-electron chi connectivity index (χ2n) is 11.0. The highest BCUT2D eigenvalue weighted by molar-refractivity contribution is 5.35. The van der Waals surface area contributed by atoms with Gasteiger partial charge in [0, 0.05) is 19.2 Å². The molecule has 0 aromatic heterocycles. The first-order valence-electron chi connectivity index (χ1n) is 14.9. The van der Waals surface area contributed by atoms with E-state index in [2.05, 4.69) is 97.6 Å². The molecule has 0 radical (unpaired) electrons. The van der Waals surface area contributed by atoms with Gasteiger partial charge in [0.15, 0.2) is 0 Å². The number of aryl methyl sites for hydroxylation is 5. The molecule has 0 fully saturated rings. The van der Waals surface area contributed by atoms with Gasteiger partial charge in [-0.1, -0.05) is 84.9 Å². The van der Waals surface area contributed by atoms with Crippen molar-refractivity contribution in [2.24, 2.45) is 0 Å². The average Bonchev–Trinajstić information content (AvgIpc) is 2.97. The van der Waals surface area contributed by atoms with Crippen LogP contribution in [-0.4, -0.2) is 31.1 Å². The van der Waals surface area contributed by atoms with Crippen LogP contribution in [0.3, 0.4) is 0 Å². The molecule has 0 heterocycles. The van der Waals surface area contributed by atoms with Crippen LogP contribution in [0.5, 0.6) is 0 Å². The van der Waals surface area contributed by atoms with Crippen LogP contribution in [0.1, 0.15) is 58.7 Å². The standard InChI is InChI=1S/C37H43F2NO/c1-29-13-9-14-30(2)37(29)36(41-26-12-21-33-22-23-34(38)27-35(33)39)28-40(24-10-19-31-15-5-3-6-16-31)25-11-20-32-17-7-4-8-18-32/h3-9,13-18,22-23,27,36H,10-12,19-21,24-26,28H2,1-2H3. The smallest absolute Gasteiger partial charge is 0.129 e. The molecule has 4 aromatic carbocycles. The quantitative estimate of drug-likeness (QED) is 0.128. The number of rotatable bonds is 16. The van der Waals surface area contributed by atoms with Crippen molar-refractivity contribution in [1.82, 2.24) is 4.90 Å². The van der Waals surface area contributed by atoms with E-state index in [4.69, 9.17) is 4.74 Å². The molecule has 0 aliphatic carbocycles. The first-order chi connectivity index (χ1) is 20.0. The SMILES string of the molecule is Cc1cccc(C)c1C(CN(CCCc1ccccc1)CCCc1ccccc1)OCCCc1ccc(F)cc1F. The fraction of sp³-hybridized carbons (Fsp3) is 0.351. The van der Waals surface area contributed by atoms with Crippen molar-refractivity contribution in [1.29, 1.82) is 0 Å². The van der Waals surface area contributed by atoms with Gasteiger partial charge < -0.3 is 9.64 Å². The minimum Gasteiger partial charge on any atom is -0.372 e. The summed E-state index contributed by atoms with van der Waals surface area (Å²) in [6, 6.07) is 31.6. The number of hydrogen-bond acceptors (Lipinski definition) is 2. The molecule has 0 aliphatic rings. The Morgan fingerprint density at radius 2 is 1.24 bits per heavy atom. The van der Waals surface area contributed by atoms with Crippen molar-refractivity contribution in [2.45, 2.75) is 58.5 Å². The van der Waals surface area contributed by atoms with Gasteiger partial charge in [-0.2, -0.15) is 0 Å². The second-order valence-corrected chi connectivity index (χ2v) is 11.0. The predicted molar refractivity (Wildman–Crippen MR) is 165 cm³/mol. The molecule has 0 amide bonds. The van der Waals surface area contributed by atoms with Gasteiger partial charge in [-0.15, -0.1) is 0 Å². The van der Waals surface area contributed by atoms with Crippen molar-refractivity contribution in [3.8, 4) is 0 Å². The predicted octanol–water partition coefficient (Wildman–Crippen LogP) is 8.84. The van der Waals surface area contributed by atoms with Crippen LogP contribution in [0.15, 0.2) is 97.1 Å². The van der Waals surface area contributed by atoms with E-state index in [1.54, 1.807) is 0 Å². The molecule has 0 saturated carbocycles. The van der Waals surface area contributed by atoms with Crippen LogP contribution in [-0.2, 0) is 24.0 Å². The summed E-state index contributed by atoms with van der Waals surface area (Å²) in [4.78, 5) is 2.56. The van der Waals surface area contributed by atoms with Gasteiger partial charge in [-0.3, -0.25) is 0 Å². The van der Waals surface area contributed by atoms with E-state index >= 15 is 0 Å². The second kappa shape index (κ2) is 16.2. The Hall–Kier alpha value is -3.34. The Morgan fingerprint density at radius 1 is 0.659 bits per heavy atom. The van der Waals surface area contributed by atoms with Crippen LogP contribution in [0.4, 0.5) is 8.78 Å². The van der Waals surface area contributed by atoms with Crippen LogP contribution in [0.25, 0.3) is 0 Å². The van der Waals surface area contributed by atoms with Gasteiger partial charge in [-0.25, -0.2) is 8.78 Å². The Bertz CT molecular complexity index is 1260. The molecule has 0 saturated heterocycles. The molecule has 2 nitrogen and oxygen atoms in total. The summed E-state index contributed by atoms with van der Waals surface area (Å²) >= 11 is 0. The molecular weight excluding hydrogens is 512 g/mol. The third-order valence-corrected chi connectivity index (χ3v) is 7.78. The fourth-order valence-electron chi connectivity index (χ4n) is 5.61. The monoisotopic (exact) mass is 555 g/mol. The molecule has 0 aliphatic heterocycles. The van der Waals surface area contributed by atoms with Crippen molar-refractivity contribution in [3.05, 3.63) is 142 Å². The number of hydrogen-bond donors (Lipinski definition) is 0. The lowest BCUT2D eigenvalue weighted by atomic mass is 9.97. The maximum Gasteiger partial charge on any atom is 0.129 e. The van der Waals surface area contributed by atoms with Gasteiger partial charge in [0.05, 0.1) is 6.10 Å². The Kier molecular flexibility index (Phi) is 12.1. The van der Waals surface area contributed by atoms with Crippen LogP contribution >= 0.6 is 0 Å². The molecule has 0 bridgehead atoms. The maximum atomic E-state index is 14.2. The molecule has 0 spiro atoms. The normalized spacial score (nSPS) is 12.1. The van der Waals surface area contributed by atoms with E-state index in [9.17, 15) is 8.78 Å². The van der Waals surface area contributed by atoms with Crippen molar-refractivity contribution in [2.75, 3.05) is 26.2 Å². The third kappa shape index (κ3) is 9.91. The molecule has 4 rings (SSSR count). The van der Waals surface area contributed by atoms with Crippen LogP contribution in [0.2, 0.25) is 0 Å². The zero-order chi connectivity index (χ0) is 28.9. The van der Waals surface area contributed by atoms with Gasteiger partial charge in [0.1, 0.15) is 11.6 Å². The van der Waals surface area contributed by atoms with Gasteiger partial charge in [-0.05, 0) is 105 Å². The molecule has 4 heteroatoms. The lowest BCUT2D eigenvalue weighted by Gasteiger charge is -2.30. The minimum absolute atomic E-state index is 0.0808. The van der Waals surface area contributed by atoms with Crippen molar-refractivity contribution in [3.63, 3.8) is 0 Å². The molecule has 0 N–H and O–H groups in total. The largest absolute Gasteiger partial charge is 0.372 e. The van der Waals surface area contributed by atoms with E-state index in [-0.39, 0.29) is 6.10 Å². The Labute approximate surface area is 245 Å². The molecule has 216 valence electrons. The molecule has 4 aromatic rings. The van der Waals surface area contributed by atoms with E-state index in [0.29, 0.717) is 25.0 Å². The topological polar surface area (TPSA) is 12.5 Å². The lowest BCUT2D eigenvalue weighted by molar-refractivity contribution is 0.0222. The number of benzene rings is 4. The highest BCUT2D eigenvalue weighted by Crippen LogP contribution is 2.27. The van der Waals surface area contributed by atoms with Crippen LogP contribution in [0, 0.1) is 25.5 Å². The zero-order valence-corrected chi connectivity index (χ0v) is 24.5. The summed E-state index contributed by atoms with van der Waals surface area (Å²) in [5.41, 5.74) is 6.97. The molecular formula is C37H43F2NO. The molecule has 41 heavy (non-hydrogen) atoms. The van der Waals surface area contributed by atoms with Crippen LogP contribution < -0.4 is 0 Å². The minimum atomic E-state index is -0.544. The van der Waals surface area contributed by atoms with Crippen molar-refractivity contribution >= 4 is 0 Å². The van der Waals surface area contributed by atoms with E-state index < -0.39 is 11.6 Å². The zero-order valence-electron chi connectivity index (χ0n) is 24.5. The highest BCUT2D eigenvalue weighted by atomic mass is 19.1. The van der Waals surface area contributed by atoms with E-state index in [1.165, 1.54) is 39.9 Å². The van der Waals surface area contributed by atoms with Gasteiger partial charge in [0.25, 0.3) is 0 Å². The first-order valence-corrected chi connectivity index (χ1v) is 14.9. The molecule has 1 unspecified atom stereocenters. The number of ether oxygens (including phenoxy) is 1. The summed E-state index contributed by atoms with van der Waals surface area (Å²) < 4.78 is 34.1. The summed E-state index contributed by atoms with van der Waals surface area (Å²) in [5.74, 6) is -1.03. The lowest BCUT2D eigenvalue weighted by Crippen LogP contribution is -2.33. The number of halogens is 2. The third-order valence-electron chi connectivity index (χ3n) is 7.78. The summed E-state index contributed by atoms with van der Waals surface area (Å²) in [6.45, 7) is 7.62. The van der Waals surface area contributed by atoms with Gasteiger partial charge in [0.2, 0.25) is 0 Å². The molecule has 1 atom stereocenters. The summed E-state index contributed by atoms with van der Waals surface area (Å²) in [5, 5.41) is 0. The van der Waals surface area contributed by atoms with Gasteiger partial charge >= 0.3 is 0 Å². The van der Waals surface area contributed by atoms with E-state index in [0.717, 1.165) is 51.4 Å². The Morgan fingerprint density at radius 3 is 1.80 bits per heavy atom. The fourth-order valence-corrected chi connectivity index (χ4v) is 5.61. The van der Waals surface area contributed by atoms with Crippen molar-refractivity contribution < 1.29 is 13.5 Å². The maximum absolute atomic E-state index is 14.2. The highest BCUT2D eigenvalue weighted by Gasteiger charge is 2.21. The summed E-state index contributed by atoms with van der Waals surface area (Å²) in [7, 11) is 0. The van der Waals surface area contributed by atoms with E-state index in [1.807, 2.05) is 0 Å². The average molecular weight is 556 g/mol. The number of nitrogens with zero attached hydrogens (tertiary/aromatic N) is 1. The Balaban J connectivity index is 1.43.